The first-order valence-corrected chi connectivity index (χ1v) is 7.04. The summed E-state index contributed by atoms with van der Waals surface area (Å²) in [5.74, 6) is 0.911. The smallest absolute Gasteiger partial charge is 0.326 e. The molecule has 0 aliphatic heterocycles. The molecule has 0 spiro atoms. The van der Waals surface area contributed by atoms with Crippen molar-refractivity contribution in [1.82, 2.24) is 9.97 Å². The highest BCUT2D eigenvalue weighted by Crippen LogP contribution is 2.42. The van der Waals surface area contributed by atoms with E-state index in [2.05, 4.69) is 9.97 Å². The maximum Gasteiger partial charge on any atom is 0.326 e. The molecule has 7 heteroatoms. The Hall–Kier alpha value is -2.54. The van der Waals surface area contributed by atoms with Gasteiger partial charge in [-0.15, -0.1) is 0 Å². The molecule has 6 nitrogen and oxygen atoms in total. The topological polar surface area (TPSA) is 84.2 Å². The van der Waals surface area contributed by atoms with Gasteiger partial charge in [-0.2, -0.15) is 11.3 Å². The number of aromatic amines is 2. The van der Waals surface area contributed by atoms with Crippen LogP contribution in [0.25, 0.3) is 22.0 Å². The number of thiophene rings is 1. The Kier molecular flexibility index (Phi) is 3.26. The molecular formula is C14H12N2O4S. The highest BCUT2D eigenvalue weighted by molar-refractivity contribution is 7.08. The second kappa shape index (κ2) is 5.10. The van der Waals surface area contributed by atoms with Crippen LogP contribution in [0.4, 0.5) is 0 Å². The summed E-state index contributed by atoms with van der Waals surface area (Å²) < 4.78 is 10.7. The van der Waals surface area contributed by atoms with Gasteiger partial charge in [0.25, 0.3) is 5.56 Å². The van der Waals surface area contributed by atoms with E-state index in [0.717, 1.165) is 5.56 Å². The zero-order valence-corrected chi connectivity index (χ0v) is 12.2. The fraction of sp³-hybridized carbons (Fsp3) is 0.143. The molecule has 0 saturated carbocycles. The van der Waals surface area contributed by atoms with Crippen LogP contribution in [-0.2, 0) is 0 Å². The molecule has 2 heterocycles. The van der Waals surface area contributed by atoms with Gasteiger partial charge in [0, 0.05) is 11.6 Å². The van der Waals surface area contributed by atoms with Crippen molar-refractivity contribution in [3.05, 3.63) is 43.7 Å². The van der Waals surface area contributed by atoms with Crippen LogP contribution in [0.15, 0.2) is 32.5 Å². The van der Waals surface area contributed by atoms with Crippen molar-refractivity contribution >= 4 is 22.2 Å². The van der Waals surface area contributed by atoms with E-state index >= 15 is 0 Å². The maximum absolute atomic E-state index is 12.2. The molecule has 3 aromatic rings. The number of rotatable bonds is 3. The lowest BCUT2D eigenvalue weighted by Crippen LogP contribution is -2.22. The Bertz CT molecular complexity index is 909. The van der Waals surface area contributed by atoms with Gasteiger partial charge in [-0.25, -0.2) is 4.79 Å². The van der Waals surface area contributed by atoms with Gasteiger partial charge in [0.15, 0.2) is 11.5 Å². The van der Waals surface area contributed by atoms with E-state index < -0.39 is 11.2 Å². The van der Waals surface area contributed by atoms with E-state index in [1.807, 2.05) is 16.8 Å². The average molecular weight is 304 g/mol. The number of fused-ring (bicyclic) bond motifs is 1. The summed E-state index contributed by atoms with van der Waals surface area (Å²) in [5, 5.41) is 4.17. The van der Waals surface area contributed by atoms with Crippen molar-refractivity contribution in [2.75, 3.05) is 14.2 Å². The largest absolute Gasteiger partial charge is 0.493 e. The minimum atomic E-state index is -0.559. The molecule has 0 aliphatic rings. The number of H-pyrrole nitrogens is 2. The van der Waals surface area contributed by atoms with Gasteiger partial charge in [0.1, 0.15) is 0 Å². The number of hydrogen-bond donors (Lipinski definition) is 2. The highest BCUT2D eigenvalue weighted by atomic mass is 32.1. The molecule has 0 radical (unpaired) electrons. The predicted octanol–water partition coefficient (Wildman–Crippen LogP) is 1.96. The first kappa shape index (κ1) is 13.4. The molecular weight excluding hydrogens is 292 g/mol. The van der Waals surface area contributed by atoms with Crippen molar-refractivity contribution < 1.29 is 9.47 Å². The van der Waals surface area contributed by atoms with Crippen molar-refractivity contribution in [2.24, 2.45) is 0 Å². The van der Waals surface area contributed by atoms with E-state index in [4.69, 9.17) is 9.47 Å². The lowest BCUT2D eigenvalue weighted by atomic mass is 10.0. The van der Waals surface area contributed by atoms with Crippen LogP contribution in [0, 0.1) is 0 Å². The van der Waals surface area contributed by atoms with Crippen molar-refractivity contribution in [1.29, 1.82) is 0 Å². The fourth-order valence-corrected chi connectivity index (χ4v) is 2.98. The minimum absolute atomic E-state index is 0.366. The molecule has 0 saturated heterocycles. The third kappa shape index (κ3) is 2.11. The normalized spacial score (nSPS) is 10.8. The number of aromatic nitrogens is 2. The second-order valence-corrected chi connectivity index (χ2v) is 5.11. The number of ether oxygens (including phenoxy) is 2. The van der Waals surface area contributed by atoms with E-state index in [9.17, 15) is 9.59 Å². The van der Waals surface area contributed by atoms with E-state index in [-0.39, 0.29) is 0 Å². The van der Waals surface area contributed by atoms with Gasteiger partial charge >= 0.3 is 5.69 Å². The van der Waals surface area contributed by atoms with Crippen LogP contribution in [0.5, 0.6) is 11.5 Å². The van der Waals surface area contributed by atoms with Crippen LogP contribution >= 0.6 is 11.3 Å². The third-order valence-corrected chi connectivity index (χ3v) is 3.87. The highest BCUT2D eigenvalue weighted by Gasteiger charge is 2.19. The second-order valence-electron chi connectivity index (χ2n) is 4.33. The van der Waals surface area contributed by atoms with Crippen LogP contribution in [0.3, 0.4) is 0 Å². The fourth-order valence-electron chi connectivity index (χ4n) is 2.33. The third-order valence-electron chi connectivity index (χ3n) is 3.18. The van der Waals surface area contributed by atoms with Gasteiger partial charge in [-0.1, -0.05) is 0 Å². The molecule has 0 unspecified atom stereocenters. The van der Waals surface area contributed by atoms with Crippen LogP contribution in [0.2, 0.25) is 0 Å². The Balaban J connectivity index is 2.57. The summed E-state index contributed by atoms with van der Waals surface area (Å²) in [7, 11) is 3.02. The van der Waals surface area contributed by atoms with Crippen molar-refractivity contribution in [2.45, 2.75) is 0 Å². The monoisotopic (exact) mass is 304 g/mol. The SMILES string of the molecule is COc1cc2[nH]c(=O)[nH]c(=O)c2c(-c2ccsc2)c1OC. The number of benzene rings is 1. The minimum Gasteiger partial charge on any atom is -0.493 e. The molecule has 0 atom stereocenters. The number of nitrogens with one attached hydrogen (secondary N) is 2. The van der Waals surface area contributed by atoms with E-state index in [0.29, 0.717) is 28.0 Å². The lowest BCUT2D eigenvalue weighted by Gasteiger charge is -2.14. The van der Waals surface area contributed by atoms with Crippen molar-refractivity contribution in [3.63, 3.8) is 0 Å². The number of methoxy groups -OCH3 is 2. The summed E-state index contributed by atoms with van der Waals surface area (Å²) in [4.78, 5) is 28.6. The van der Waals surface area contributed by atoms with E-state index in [1.54, 1.807) is 6.07 Å². The molecule has 2 N–H and O–H groups in total. The Labute approximate surface area is 123 Å². The Morgan fingerprint density at radius 2 is 1.95 bits per heavy atom. The predicted molar refractivity (Wildman–Crippen MR) is 81.6 cm³/mol. The molecule has 2 aromatic heterocycles. The van der Waals surface area contributed by atoms with Gasteiger partial charge in [0.2, 0.25) is 0 Å². The van der Waals surface area contributed by atoms with Gasteiger partial charge in [0.05, 0.1) is 25.1 Å². The zero-order chi connectivity index (χ0) is 15.0. The first-order chi connectivity index (χ1) is 10.2. The molecule has 108 valence electrons. The standard InChI is InChI=1S/C14H12N2O4S/c1-19-9-5-8-11(13(17)16-14(18)15-8)10(12(9)20-2)7-3-4-21-6-7/h3-6H,1-2H3,(H2,15,16,17,18). The Morgan fingerprint density at radius 3 is 2.57 bits per heavy atom. The number of hydrogen-bond acceptors (Lipinski definition) is 5. The molecule has 0 bridgehead atoms. The molecule has 0 aliphatic carbocycles. The summed E-state index contributed by atoms with van der Waals surface area (Å²) in [6.07, 6.45) is 0. The summed E-state index contributed by atoms with van der Waals surface area (Å²) in [6, 6.07) is 3.46. The van der Waals surface area contributed by atoms with Gasteiger partial charge in [-0.3, -0.25) is 9.78 Å². The zero-order valence-electron chi connectivity index (χ0n) is 11.4. The summed E-state index contributed by atoms with van der Waals surface area (Å²) >= 11 is 1.50. The van der Waals surface area contributed by atoms with Gasteiger partial charge in [-0.05, 0) is 22.4 Å². The van der Waals surface area contributed by atoms with Gasteiger partial charge < -0.3 is 14.5 Å². The molecule has 3 rings (SSSR count). The lowest BCUT2D eigenvalue weighted by molar-refractivity contribution is 0.357. The van der Waals surface area contributed by atoms with Crippen LogP contribution in [0.1, 0.15) is 0 Å². The molecule has 0 amide bonds. The van der Waals surface area contributed by atoms with Crippen molar-refractivity contribution in [3.8, 4) is 22.6 Å². The van der Waals surface area contributed by atoms with Crippen LogP contribution in [-0.4, -0.2) is 24.2 Å². The average Bonchev–Trinajstić information content (AvgIpc) is 2.98. The maximum atomic E-state index is 12.2. The molecule has 0 fully saturated rings. The molecule has 21 heavy (non-hydrogen) atoms. The quantitative estimate of drug-likeness (QED) is 0.774. The summed E-state index contributed by atoms with van der Waals surface area (Å²) in [6.45, 7) is 0. The first-order valence-electron chi connectivity index (χ1n) is 6.09. The molecule has 1 aromatic carbocycles. The summed E-state index contributed by atoms with van der Waals surface area (Å²) in [5.41, 5.74) is 0.818. The van der Waals surface area contributed by atoms with E-state index in [1.165, 1.54) is 25.6 Å². The van der Waals surface area contributed by atoms with Crippen LogP contribution < -0.4 is 20.7 Å². The Morgan fingerprint density at radius 1 is 1.14 bits per heavy atom.